The van der Waals surface area contributed by atoms with Crippen LogP contribution in [0.2, 0.25) is 0 Å². The lowest BCUT2D eigenvalue weighted by Crippen LogP contribution is -2.50. The van der Waals surface area contributed by atoms with E-state index < -0.39 is 20.8 Å². The number of aromatic nitrogens is 5. The van der Waals surface area contributed by atoms with Gasteiger partial charge in [0.2, 0.25) is 15.8 Å². The fourth-order valence-electron chi connectivity index (χ4n) is 4.17. The lowest BCUT2D eigenvalue weighted by molar-refractivity contribution is 0.205. The van der Waals surface area contributed by atoms with Gasteiger partial charge in [-0.1, -0.05) is 0 Å². The van der Waals surface area contributed by atoms with E-state index in [1.165, 1.54) is 24.7 Å². The number of piperazine rings is 1. The standard InChI is InChI=1S/C21H31N7O6S/c1-14(2)35(30,31)27-11-9-26(10-12-27)16-13-22-28(18(29)17(16)34-15-7-5-6-8-15)19-23-20(32-3)25-21(24-19)33-4/h13-15H,5-12H2,1-4H3. The molecular formula is C21H31N7O6S. The number of rotatable bonds is 8. The third kappa shape index (κ3) is 5.17. The number of sulfonamides is 1. The molecule has 14 heteroatoms. The van der Waals surface area contributed by atoms with Crippen molar-refractivity contribution in [2.45, 2.75) is 50.9 Å². The second-order valence-corrected chi connectivity index (χ2v) is 11.2. The molecule has 2 aromatic rings. The molecule has 1 saturated heterocycles. The zero-order chi connectivity index (χ0) is 25.2. The van der Waals surface area contributed by atoms with Crippen LogP contribution in [0.25, 0.3) is 5.95 Å². The highest BCUT2D eigenvalue weighted by atomic mass is 32.2. The summed E-state index contributed by atoms with van der Waals surface area (Å²) in [5.74, 6) is 0.0831. The van der Waals surface area contributed by atoms with Crippen molar-refractivity contribution in [2.75, 3.05) is 45.3 Å². The number of methoxy groups -OCH3 is 2. The first-order chi connectivity index (χ1) is 16.7. The molecule has 0 bridgehead atoms. The largest absolute Gasteiger partial charge is 0.483 e. The van der Waals surface area contributed by atoms with Crippen LogP contribution in [0.3, 0.4) is 0 Å². The zero-order valence-electron chi connectivity index (χ0n) is 20.4. The first-order valence-corrected chi connectivity index (χ1v) is 13.1. The van der Waals surface area contributed by atoms with Crippen LogP contribution in [0.1, 0.15) is 39.5 Å². The molecule has 1 aliphatic carbocycles. The Kier molecular flexibility index (Phi) is 7.40. The summed E-state index contributed by atoms with van der Waals surface area (Å²) in [6.45, 7) is 4.79. The van der Waals surface area contributed by atoms with Crippen molar-refractivity contribution < 1.29 is 22.6 Å². The van der Waals surface area contributed by atoms with Crippen LogP contribution in [-0.4, -0.2) is 89.2 Å². The van der Waals surface area contributed by atoms with Gasteiger partial charge in [-0.15, -0.1) is 4.98 Å². The predicted molar refractivity (Wildman–Crippen MR) is 127 cm³/mol. The van der Waals surface area contributed by atoms with Crippen molar-refractivity contribution in [3.05, 3.63) is 16.6 Å². The molecule has 0 atom stereocenters. The summed E-state index contributed by atoms with van der Waals surface area (Å²) in [5, 5.41) is 3.80. The van der Waals surface area contributed by atoms with E-state index in [2.05, 4.69) is 20.1 Å². The second-order valence-electron chi connectivity index (χ2n) is 8.69. The molecule has 0 N–H and O–H groups in total. The fourth-order valence-corrected chi connectivity index (χ4v) is 5.44. The Balaban J connectivity index is 1.69. The average Bonchev–Trinajstić information content (AvgIpc) is 3.38. The topological polar surface area (TPSA) is 142 Å². The number of hydrogen-bond donors (Lipinski definition) is 0. The van der Waals surface area contributed by atoms with E-state index in [0.717, 1.165) is 30.4 Å². The Bertz CT molecular complexity index is 1180. The van der Waals surface area contributed by atoms with Gasteiger partial charge in [0, 0.05) is 26.2 Å². The van der Waals surface area contributed by atoms with Crippen molar-refractivity contribution >= 4 is 15.7 Å². The predicted octanol–water partition coefficient (Wildman–Crippen LogP) is 0.616. The van der Waals surface area contributed by atoms with Crippen molar-refractivity contribution in [3.8, 4) is 23.7 Å². The molecule has 0 spiro atoms. The monoisotopic (exact) mass is 509 g/mol. The summed E-state index contributed by atoms with van der Waals surface area (Å²) in [4.78, 5) is 27.8. The molecule has 0 radical (unpaired) electrons. The van der Waals surface area contributed by atoms with E-state index in [4.69, 9.17) is 14.2 Å². The van der Waals surface area contributed by atoms with E-state index in [1.54, 1.807) is 13.8 Å². The van der Waals surface area contributed by atoms with Gasteiger partial charge in [0.25, 0.3) is 5.95 Å². The van der Waals surface area contributed by atoms with E-state index in [9.17, 15) is 13.2 Å². The molecule has 4 rings (SSSR count). The van der Waals surface area contributed by atoms with Gasteiger partial charge in [-0.25, -0.2) is 8.42 Å². The van der Waals surface area contributed by atoms with Crippen molar-refractivity contribution in [1.29, 1.82) is 0 Å². The molecule has 1 saturated carbocycles. The Labute approximate surface area is 204 Å². The third-order valence-corrected chi connectivity index (χ3v) is 8.45. The van der Waals surface area contributed by atoms with Crippen LogP contribution in [0.5, 0.6) is 17.8 Å². The van der Waals surface area contributed by atoms with Crippen LogP contribution in [0.15, 0.2) is 11.0 Å². The van der Waals surface area contributed by atoms with E-state index in [-0.39, 0.29) is 29.8 Å². The van der Waals surface area contributed by atoms with Gasteiger partial charge in [-0.3, -0.25) is 4.79 Å². The number of ether oxygens (including phenoxy) is 3. The summed E-state index contributed by atoms with van der Waals surface area (Å²) in [7, 11) is -0.562. The minimum Gasteiger partial charge on any atom is -0.483 e. The Morgan fingerprint density at radius 3 is 2.11 bits per heavy atom. The number of nitrogens with zero attached hydrogens (tertiary/aromatic N) is 7. The summed E-state index contributed by atoms with van der Waals surface area (Å²) in [6.07, 6.45) is 5.23. The Morgan fingerprint density at radius 1 is 0.971 bits per heavy atom. The normalized spacial score (nSPS) is 17.7. The maximum absolute atomic E-state index is 13.6. The van der Waals surface area contributed by atoms with Crippen molar-refractivity contribution in [3.63, 3.8) is 0 Å². The molecule has 35 heavy (non-hydrogen) atoms. The zero-order valence-corrected chi connectivity index (χ0v) is 21.2. The van der Waals surface area contributed by atoms with Crippen LogP contribution in [-0.2, 0) is 10.0 Å². The van der Waals surface area contributed by atoms with E-state index in [1.807, 2.05) is 4.90 Å². The van der Waals surface area contributed by atoms with Crippen LogP contribution in [0, 0.1) is 0 Å². The van der Waals surface area contributed by atoms with Crippen molar-refractivity contribution in [1.82, 2.24) is 29.0 Å². The van der Waals surface area contributed by atoms with Gasteiger partial charge >= 0.3 is 17.6 Å². The third-order valence-electron chi connectivity index (χ3n) is 6.17. The van der Waals surface area contributed by atoms with Gasteiger partial charge in [0.1, 0.15) is 5.69 Å². The lowest BCUT2D eigenvalue weighted by Gasteiger charge is -2.36. The molecule has 3 heterocycles. The minimum atomic E-state index is -3.35. The highest BCUT2D eigenvalue weighted by Gasteiger charge is 2.32. The molecule has 0 aromatic carbocycles. The van der Waals surface area contributed by atoms with Crippen LogP contribution >= 0.6 is 0 Å². The average molecular weight is 510 g/mol. The van der Waals surface area contributed by atoms with Crippen molar-refractivity contribution in [2.24, 2.45) is 0 Å². The maximum atomic E-state index is 13.6. The quantitative estimate of drug-likeness (QED) is 0.494. The van der Waals surface area contributed by atoms with Gasteiger partial charge in [0.05, 0.1) is 31.8 Å². The van der Waals surface area contributed by atoms with E-state index >= 15 is 0 Å². The lowest BCUT2D eigenvalue weighted by atomic mass is 10.2. The van der Waals surface area contributed by atoms with Gasteiger partial charge < -0.3 is 19.1 Å². The second kappa shape index (κ2) is 10.3. The van der Waals surface area contributed by atoms with Crippen LogP contribution in [0.4, 0.5) is 5.69 Å². The maximum Gasteiger partial charge on any atom is 0.324 e. The molecular weight excluding hydrogens is 478 g/mol. The molecule has 2 aliphatic rings. The molecule has 0 unspecified atom stereocenters. The van der Waals surface area contributed by atoms with Crippen LogP contribution < -0.4 is 24.7 Å². The highest BCUT2D eigenvalue weighted by Crippen LogP contribution is 2.30. The smallest absolute Gasteiger partial charge is 0.324 e. The fraction of sp³-hybridized carbons (Fsp3) is 0.667. The summed E-state index contributed by atoms with van der Waals surface area (Å²) in [5.41, 5.74) is -0.00494. The SMILES string of the molecule is COc1nc(OC)nc(-n2ncc(N3CCN(S(=O)(=O)C(C)C)CC3)c(OC3CCCC3)c2=O)n1. The molecule has 0 amide bonds. The van der Waals surface area contributed by atoms with Gasteiger partial charge in [0.15, 0.2) is 0 Å². The summed E-state index contributed by atoms with van der Waals surface area (Å²) in [6, 6.07) is -0.0456. The summed E-state index contributed by atoms with van der Waals surface area (Å²) >= 11 is 0. The number of hydrogen-bond acceptors (Lipinski definition) is 11. The summed E-state index contributed by atoms with van der Waals surface area (Å²) < 4.78 is 44.0. The highest BCUT2D eigenvalue weighted by molar-refractivity contribution is 7.89. The first-order valence-electron chi connectivity index (χ1n) is 11.6. The molecule has 2 aromatic heterocycles. The Morgan fingerprint density at radius 2 is 1.57 bits per heavy atom. The molecule has 2 fully saturated rings. The minimum absolute atomic E-state index is 0.0228. The molecule has 13 nitrogen and oxygen atoms in total. The Hall–Kier alpha value is -3.00. The molecule has 1 aliphatic heterocycles. The van der Waals surface area contributed by atoms with Gasteiger partial charge in [-0.05, 0) is 39.5 Å². The van der Waals surface area contributed by atoms with Gasteiger partial charge in [-0.2, -0.15) is 24.1 Å². The first kappa shape index (κ1) is 25.1. The number of anilines is 1. The molecule has 192 valence electrons. The van der Waals surface area contributed by atoms with E-state index in [0.29, 0.717) is 31.9 Å².